The normalized spacial score (nSPS) is 21.2. The monoisotopic (exact) mass is 298 g/mol. The van der Waals surface area contributed by atoms with Gasteiger partial charge in [-0.05, 0) is 25.1 Å². The number of carboxylic acid groups (broad SMARTS) is 1. The van der Waals surface area contributed by atoms with Crippen LogP contribution in [-0.2, 0) is 16.4 Å². The van der Waals surface area contributed by atoms with Gasteiger partial charge in [-0.2, -0.15) is 0 Å². The number of aromatic carboxylic acids is 1. The maximum Gasteiger partial charge on any atom is 0.338 e. The molecule has 1 aliphatic rings. The van der Waals surface area contributed by atoms with Crippen LogP contribution in [0.15, 0.2) is 18.2 Å². The third-order valence-electron chi connectivity index (χ3n) is 3.65. The first-order valence-electron chi connectivity index (χ1n) is 6.31. The van der Waals surface area contributed by atoms with E-state index in [0.29, 0.717) is 18.5 Å². The molecule has 0 bridgehead atoms. The lowest BCUT2D eigenvalue weighted by molar-refractivity contribution is 0.0695. The Morgan fingerprint density at radius 3 is 2.75 bits per heavy atom. The van der Waals surface area contributed by atoms with E-state index in [4.69, 9.17) is 5.73 Å². The molecule has 1 saturated heterocycles. The molecule has 6 nitrogen and oxygen atoms in total. The standard InChI is InChI=1S/C13H18N2O4S/c1-15(10-5-6-20(18,19)8-10)7-9-3-2-4-11(14)12(9)13(16)17/h2-4,10H,5-8,14H2,1H3,(H,16,17). The number of sulfone groups is 1. The van der Waals surface area contributed by atoms with E-state index in [0.717, 1.165) is 0 Å². The van der Waals surface area contributed by atoms with Crippen LogP contribution < -0.4 is 5.73 Å². The van der Waals surface area contributed by atoms with Crippen molar-refractivity contribution < 1.29 is 18.3 Å². The zero-order chi connectivity index (χ0) is 14.9. The van der Waals surface area contributed by atoms with Crippen molar-refractivity contribution >= 4 is 21.5 Å². The molecule has 0 spiro atoms. The lowest BCUT2D eigenvalue weighted by Gasteiger charge is -2.24. The number of rotatable bonds is 4. The molecule has 1 heterocycles. The van der Waals surface area contributed by atoms with E-state index in [1.807, 2.05) is 4.90 Å². The molecule has 1 unspecified atom stereocenters. The number of nitrogens with zero attached hydrogens (tertiary/aromatic N) is 1. The largest absolute Gasteiger partial charge is 0.478 e. The Hall–Kier alpha value is -1.60. The maximum absolute atomic E-state index is 11.5. The SMILES string of the molecule is CN(Cc1cccc(N)c1C(=O)O)C1CCS(=O)(=O)C1. The van der Waals surface area contributed by atoms with E-state index < -0.39 is 15.8 Å². The summed E-state index contributed by atoms with van der Waals surface area (Å²) in [6, 6.07) is 4.89. The van der Waals surface area contributed by atoms with E-state index in [1.54, 1.807) is 25.2 Å². The van der Waals surface area contributed by atoms with E-state index >= 15 is 0 Å². The Balaban J connectivity index is 2.18. The van der Waals surface area contributed by atoms with Gasteiger partial charge in [-0.15, -0.1) is 0 Å². The molecule has 20 heavy (non-hydrogen) atoms. The average Bonchev–Trinajstić information content (AvgIpc) is 2.69. The van der Waals surface area contributed by atoms with Crippen LogP contribution in [0.1, 0.15) is 22.3 Å². The van der Waals surface area contributed by atoms with Gasteiger partial charge in [0.15, 0.2) is 9.84 Å². The summed E-state index contributed by atoms with van der Waals surface area (Å²) in [6.07, 6.45) is 0.587. The molecular formula is C13H18N2O4S. The summed E-state index contributed by atoms with van der Waals surface area (Å²) in [5.41, 5.74) is 6.62. The van der Waals surface area contributed by atoms with Gasteiger partial charge in [-0.25, -0.2) is 13.2 Å². The molecule has 1 aromatic carbocycles. The fourth-order valence-electron chi connectivity index (χ4n) is 2.53. The molecule has 110 valence electrons. The number of hydrogen-bond donors (Lipinski definition) is 2. The molecule has 1 aliphatic heterocycles. The van der Waals surface area contributed by atoms with Gasteiger partial charge in [0.1, 0.15) is 0 Å². The highest BCUT2D eigenvalue weighted by atomic mass is 32.2. The van der Waals surface area contributed by atoms with Gasteiger partial charge >= 0.3 is 5.97 Å². The Morgan fingerprint density at radius 1 is 1.50 bits per heavy atom. The van der Waals surface area contributed by atoms with Gasteiger partial charge in [-0.1, -0.05) is 12.1 Å². The first-order valence-corrected chi connectivity index (χ1v) is 8.13. The predicted molar refractivity (Wildman–Crippen MR) is 76.3 cm³/mol. The van der Waals surface area contributed by atoms with Crippen molar-refractivity contribution in [1.29, 1.82) is 0 Å². The number of nitrogens with two attached hydrogens (primary N) is 1. The predicted octanol–water partition coefficient (Wildman–Crippen LogP) is 0.586. The van der Waals surface area contributed by atoms with Gasteiger partial charge in [-0.3, -0.25) is 4.90 Å². The molecule has 0 saturated carbocycles. The maximum atomic E-state index is 11.5. The van der Waals surface area contributed by atoms with Gasteiger partial charge in [0, 0.05) is 18.3 Å². The summed E-state index contributed by atoms with van der Waals surface area (Å²) in [5.74, 6) is -0.732. The van der Waals surface area contributed by atoms with Crippen LogP contribution in [0.2, 0.25) is 0 Å². The highest BCUT2D eigenvalue weighted by molar-refractivity contribution is 7.91. The summed E-state index contributed by atoms with van der Waals surface area (Å²) < 4.78 is 23.0. The smallest absolute Gasteiger partial charge is 0.338 e. The lowest BCUT2D eigenvalue weighted by Crippen LogP contribution is -2.32. The van der Waals surface area contributed by atoms with Crippen molar-refractivity contribution in [2.75, 3.05) is 24.3 Å². The van der Waals surface area contributed by atoms with Crippen molar-refractivity contribution in [3.05, 3.63) is 29.3 Å². The Morgan fingerprint density at radius 2 is 2.20 bits per heavy atom. The van der Waals surface area contributed by atoms with Gasteiger partial charge in [0.05, 0.1) is 17.1 Å². The van der Waals surface area contributed by atoms with Crippen molar-refractivity contribution in [2.45, 2.75) is 19.0 Å². The minimum atomic E-state index is -2.95. The number of nitrogen functional groups attached to an aromatic ring is 1. The van der Waals surface area contributed by atoms with Crippen molar-refractivity contribution in [3.63, 3.8) is 0 Å². The topological polar surface area (TPSA) is 101 Å². The molecule has 1 aromatic rings. The minimum Gasteiger partial charge on any atom is -0.478 e. The quantitative estimate of drug-likeness (QED) is 0.789. The third kappa shape index (κ3) is 3.10. The highest BCUT2D eigenvalue weighted by Gasteiger charge is 2.31. The average molecular weight is 298 g/mol. The molecule has 0 aliphatic carbocycles. The van der Waals surface area contributed by atoms with E-state index in [-0.39, 0.29) is 28.8 Å². The Bertz CT molecular complexity index is 627. The Labute approximate surface area is 118 Å². The summed E-state index contributed by atoms with van der Waals surface area (Å²) in [6.45, 7) is 0.368. The summed E-state index contributed by atoms with van der Waals surface area (Å²) in [5, 5.41) is 9.21. The van der Waals surface area contributed by atoms with Crippen molar-refractivity contribution in [1.82, 2.24) is 4.90 Å². The van der Waals surface area contributed by atoms with Gasteiger partial charge in [0.25, 0.3) is 0 Å². The first kappa shape index (κ1) is 14.8. The fraction of sp³-hybridized carbons (Fsp3) is 0.462. The number of anilines is 1. The molecule has 1 atom stereocenters. The summed E-state index contributed by atoms with van der Waals surface area (Å²) in [4.78, 5) is 13.1. The van der Waals surface area contributed by atoms with Crippen LogP contribution in [-0.4, -0.2) is 49.0 Å². The molecule has 1 fully saturated rings. The highest BCUT2D eigenvalue weighted by Crippen LogP contribution is 2.22. The zero-order valence-corrected chi connectivity index (χ0v) is 12.1. The second-order valence-electron chi connectivity index (χ2n) is 5.16. The fourth-order valence-corrected chi connectivity index (χ4v) is 4.34. The van der Waals surface area contributed by atoms with Crippen LogP contribution in [0.3, 0.4) is 0 Å². The summed E-state index contributed by atoms with van der Waals surface area (Å²) in [7, 11) is -1.14. The van der Waals surface area contributed by atoms with E-state index in [2.05, 4.69) is 0 Å². The third-order valence-corrected chi connectivity index (χ3v) is 5.40. The van der Waals surface area contributed by atoms with Gasteiger partial charge < -0.3 is 10.8 Å². The Kier molecular flexibility index (Phi) is 4.01. The van der Waals surface area contributed by atoms with Crippen LogP contribution >= 0.6 is 0 Å². The summed E-state index contributed by atoms with van der Waals surface area (Å²) >= 11 is 0. The second-order valence-corrected chi connectivity index (χ2v) is 7.39. The van der Waals surface area contributed by atoms with Crippen LogP contribution in [0, 0.1) is 0 Å². The molecule has 7 heteroatoms. The molecule has 0 aromatic heterocycles. The molecule has 3 N–H and O–H groups in total. The zero-order valence-electron chi connectivity index (χ0n) is 11.2. The molecule has 2 rings (SSSR count). The molecular weight excluding hydrogens is 280 g/mol. The first-order chi connectivity index (χ1) is 9.30. The van der Waals surface area contributed by atoms with Gasteiger partial charge in [0.2, 0.25) is 0 Å². The van der Waals surface area contributed by atoms with E-state index in [9.17, 15) is 18.3 Å². The van der Waals surface area contributed by atoms with Crippen molar-refractivity contribution in [3.8, 4) is 0 Å². The number of carbonyl (C=O) groups is 1. The minimum absolute atomic E-state index is 0.0666. The van der Waals surface area contributed by atoms with Crippen LogP contribution in [0.25, 0.3) is 0 Å². The second kappa shape index (κ2) is 5.41. The van der Waals surface area contributed by atoms with Crippen LogP contribution in [0.4, 0.5) is 5.69 Å². The number of hydrogen-bond acceptors (Lipinski definition) is 5. The molecule has 0 radical (unpaired) electrons. The molecule has 0 amide bonds. The number of benzene rings is 1. The number of carboxylic acids is 1. The van der Waals surface area contributed by atoms with Crippen molar-refractivity contribution in [2.24, 2.45) is 0 Å². The van der Waals surface area contributed by atoms with E-state index in [1.165, 1.54) is 0 Å². The van der Waals surface area contributed by atoms with Crippen LogP contribution in [0.5, 0.6) is 0 Å². The lowest BCUT2D eigenvalue weighted by atomic mass is 10.0.